The van der Waals surface area contributed by atoms with Crippen molar-refractivity contribution in [3.8, 4) is 0 Å². The van der Waals surface area contributed by atoms with Gasteiger partial charge in [0.15, 0.2) is 0 Å². The monoisotopic (exact) mass is 383 g/mol. The van der Waals surface area contributed by atoms with Crippen molar-refractivity contribution in [2.45, 2.75) is 50.0 Å². The lowest BCUT2D eigenvalue weighted by atomic mass is 9.86. The topological polar surface area (TPSA) is 125 Å². The van der Waals surface area contributed by atoms with Gasteiger partial charge in [0.1, 0.15) is 0 Å². The van der Waals surface area contributed by atoms with Crippen molar-refractivity contribution < 1.29 is 23.1 Å². The highest BCUT2D eigenvalue weighted by atomic mass is 32.2. The van der Waals surface area contributed by atoms with Gasteiger partial charge in [-0.1, -0.05) is 6.92 Å². The molecule has 144 valence electrons. The summed E-state index contributed by atoms with van der Waals surface area (Å²) in [7, 11) is -3.53. The first-order valence-corrected chi connectivity index (χ1v) is 10.2. The quantitative estimate of drug-likeness (QED) is 0.574. The number of rotatable bonds is 7. The Morgan fingerprint density at radius 1 is 1.12 bits per heavy atom. The molecule has 2 amide bonds. The van der Waals surface area contributed by atoms with E-state index in [-0.39, 0.29) is 22.9 Å². The lowest BCUT2D eigenvalue weighted by Gasteiger charge is -2.26. The molecule has 0 aromatic heterocycles. The molecule has 26 heavy (non-hydrogen) atoms. The van der Waals surface area contributed by atoms with Gasteiger partial charge in [0.05, 0.1) is 10.8 Å². The molecular weight excluding hydrogens is 358 g/mol. The molecule has 0 atom stereocenters. The van der Waals surface area contributed by atoms with E-state index in [1.165, 1.54) is 24.3 Å². The van der Waals surface area contributed by atoms with Gasteiger partial charge in [0.25, 0.3) is 0 Å². The molecule has 0 radical (unpaired) electrons. The second-order valence-electron chi connectivity index (χ2n) is 6.41. The highest BCUT2D eigenvalue weighted by molar-refractivity contribution is 7.89. The third-order valence-electron chi connectivity index (χ3n) is 4.38. The highest BCUT2D eigenvalue weighted by Gasteiger charge is 2.26. The first kappa shape index (κ1) is 20.2. The number of carboxylic acid groups (broad SMARTS) is 1. The maximum Gasteiger partial charge on any atom is 0.319 e. The molecule has 1 fully saturated rings. The van der Waals surface area contributed by atoms with Crippen molar-refractivity contribution in [3.05, 3.63) is 24.3 Å². The second-order valence-corrected chi connectivity index (χ2v) is 8.17. The molecule has 0 bridgehead atoms. The van der Waals surface area contributed by atoms with Gasteiger partial charge in [-0.15, -0.1) is 0 Å². The van der Waals surface area contributed by atoms with Crippen LogP contribution in [0, 0.1) is 5.92 Å². The molecule has 0 aliphatic heterocycles. The normalized spacial score (nSPS) is 20.3. The highest BCUT2D eigenvalue weighted by Crippen LogP contribution is 2.24. The summed E-state index contributed by atoms with van der Waals surface area (Å²) in [6.45, 7) is 2.25. The third-order valence-corrected chi connectivity index (χ3v) is 5.85. The summed E-state index contributed by atoms with van der Waals surface area (Å²) in [6.07, 6.45) is 3.07. The molecule has 4 N–H and O–H groups in total. The van der Waals surface area contributed by atoms with Gasteiger partial charge in [0, 0.05) is 18.3 Å². The Morgan fingerprint density at radius 2 is 1.73 bits per heavy atom. The molecule has 1 aliphatic rings. The van der Waals surface area contributed by atoms with Gasteiger partial charge in [-0.2, -0.15) is 0 Å². The molecule has 1 saturated carbocycles. The van der Waals surface area contributed by atoms with Crippen LogP contribution in [0.25, 0.3) is 0 Å². The number of nitrogens with one attached hydrogen (secondary N) is 3. The van der Waals surface area contributed by atoms with Gasteiger partial charge in [-0.25, -0.2) is 17.9 Å². The van der Waals surface area contributed by atoms with Crippen molar-refractivity contribution in [1.82, 2.24) is 10.0 Å². The van der Waals surface area contributed by atoms with E-state index < -0.39 is 16.0 Å². The number of carboxylic acids is 1. The predicted octanol–water partition coefficient (Wildman–Crippen LogP) is 2.14. The molecule has 9 heteroatoms. The molecule has 0 heterocycles. The smallest absolute Gasteiger partial charge is 0.319 e. The van der Waals surface area contributed by atoms with Crippen LogP contribution in [-0.2, 0) is 14.8 Å². The van der Waals surface area contributed by atoms with Crippen LogP contribution in [0.1, 0.15) is 39.0 Å². The van der Waals surface area contributed by atoms with E-state index in [2.05, 4.69) is 15.4 Å². The maximum atomic E-state index is 12.1. The van der Waals surface area contributed by atoms with Crippen molar-refractivity contribution in [2.75, 3.05) is 11.9 Å². The van der Waals surface area contributed by atoms with Crippen LogP contribution in [-0.4, -0.2) is 38.1 Å². The number of amides is 2. The Labute approximate surface area is 153 Å². The van der Waals surface area contributed by atoms with Crippen molar-refractivity contribution >= 4 is 27.7 Å². The zero-order chi connectivity index (χ0) is 19.2. The van der Waals surface area contributed by atoms with Crippen LogP contribution < -0.4 is 15.4 Å². The Hall–Kier alpha value is -2.13. The number of carbonyl (C=O) groups excluding carboxylic acids is 1. The summed E-state index contributed by atoms with van der Waals surface area (Å²) in [6, 6.07) is 5.49. The molecule has 0 spiro atoms. The molecular formula is C17H25N3O5S. The Balaban J connectivity index is 1.85. The molecule has 0 unspecified atom stereocenters. The van der Waals surface area contributed by atoms with Crippen molar-refractivity contribution in [3.63, 3.8) is 0 Å². The fraction of sp³-hybridized carbons (Fsp3) is 0.529. The fourth-order valence-corrected chi connectivity index (χ4v) is 4.01. The van der Waals surface area contributed by atoms with Crippen LogP contribution in [0.15, 0.2) is 29.2 Å². The lowest BCUT2D eigenvalue weighted by Crippen LogP contribution is -2.40. The summed E-state index contributed by atoms with van der Waals surface area (Å²) in [5.41, 5.74) is 0.483. The van der Waals surface area contributed by atoms with Crippen LogP contribution >= 0.6 is 0 Å². The standard InChI is InChI=1S/C17H25N3O5S/c1-2-11-18-26(24,25)15-9-7-14(8-10-15)20-17(23)19-13-5-3-12(4-6-13)16(21)22/h7-10,12-13,18H,2-6,11H2,1H3,(H,21,22)(H2,19,20,23). The van der Waals surface area contributed by atoms with E-state index in [0.29, 0.717) is 44.3 Å². The van der Waals surface area contributed by atoms with Gasteiger partial charge in [0.2, 0.25) is 10.0 Å². The average Bonchev–Trinajstić information content (AvgIpc) is 2.61. The minimum atomic E-state index is -3.53. The van der Waals surface area contributed by atoms with E-state index in [1.54, 1.807) is 0 Å². The maximum absolute atomic E-state index is 12.1. The number of anilines is 1. The zero-order valence-electron chi connectivity index (χ0n) is 14.7. The number of urea groups is 1. The van der Waals surface area contributed by atoms with Crippen molar-refractivity contribution in [2.24, 2.45) is 5.92 Å². The third kappa shape index (κ3) is 5.70. The number of hydrogen-bond donors (Lipinski definition) is 4. The molecule has 8 nitrogen and oxygen atoms in total. The lowest BCUT2D eigenvalue weighted by molar-refractivity contribution is -0.142. The first-order valence-electron chi connectivity index (χ1n) is 8.72. The van der Waals surface area contributed by atoms with E-state index in [4.69, 9.17) is 5.11 Å². The number of carbonyl (C=O) groups is 2. The number of sulfonamides is 1. The second kappa shape index (κ2) is 9.00. The van der Waals surface area contributed by atoms with Gasteiger partial charge < -0.3 is 15.7 Å². The fourth-order valence-electron chi connectivity index (χ4n) is 2.87. The molecule has 1 aromatic rings. The minimum absolute atomic E-state index is 0.0523. The summed E-state index contributed by atoms with van der Waals surface area (Å²) in [5, 5.41) is 14.5. The molecule has 1 aromatic carbocycles. The molecule has 2 rings (SSSR count). The predicted molar refractivity (Wildman–Crippen MR) is 97.5 cm³/mol. The minimum Gasteiger partial charge on any atom is -0.481 e. The summed E-state index contributed by atoms with van der Waals surface area (Å²) in [5.74, 6) is -1.11. The van der Waals surface area contributed by atoms with Crippen LogP contribution in [0.2, 0.25) is 0 Å². The van der Waals surface area contributed by atoms with E-state index in [9.17, 15) is 18.0 Å². The number of benzene rings is 1. The van der Waals surface area contributed by atoms with Crippen molar-refractivity contribution in [1.29, 1.82) is 0 Å². The van der Waals surface area contributed by atoms with Crippen LogP contribution in [0.3, 0.4) is 0 Å². The molecule has 1 aliphatic carbocycles. The van der Waals surface area contributed by atoms with Gasteiger partial charge in [-0.05, 0) is 56.4 Å². The summed E-state index contributed by atoms with van der Waals surface area (Å²) >= 11 is 0. The first-order chi connectivity index (χ1) is 12.3. The van der Waals surface area contributed by atoms with E-state index in [1.807, 2.05) is 6.92 Å². The zero-order valence-corrected chi connectivity index (χ0v) is 15.5. The Bertz CT molecular complexity index is 725. The number of hydrogen-bond acceptors (Lipinski definition) is 4. The summed E-state index contributed by atoms with van der Waals surface area (Å²) < 4.78 is 26.5. The van der Waals surface area contributed by atoms with Crippen LogP contribution in [0.4, 0.5) is 10.5 Å². The van der Waals surface area contributed by atoms with Gasteiger partial charge in [-0.3, -0.25) is 4.79 Å². The Kier molecular flexibility index (Phi) is 6.98. The van der Waals surface area contributed by atoms with Gasteiger partial charge >= 0.3 is 12.0 Å². The van der Waals surface area contributed by atoms with E-state index in [0.717, 1.165) is 0 Å². The number of aliphatic carboxylic acids is 1. The average molecular weight is 383 g/mol. The SMILES string of the molecule is CCCNS(=O)(=O)c1ccc(NC(=O)NC2CCC(C(=O)O)CC2)cc1. The van der Waals surface area contributed by atoms with E-state index >= 15 is 0 Å². The van der Waals surface area contributed by atoms with Crippen LogP contribution in [0.5, 0.6) is 0 Å². The largest absolute Gasteiger partial charge is 0.481 e. The molecule has 0 saturated heterocycles. The summed E-state index contributed by atoms with van der Waals surface area (Å²) in [4.78, 5) is 23.1. The Morgan fingerprint density at radius 3 is 2.27 bits per heavy atom.